The zero-order valence-electron chi connectivity index (χ0n) is 11.2. The van der Waals surface area contributed by atoms with E-state index in [0.29, 0.717) is 27.3 Å². The van der Waals surface area contributed by atoms with Crippen molar-refractivity contribution in [2.75, 3.05) is 14.2 Å². The van der Waals surface area contributed by atoms with Crippen molar-refractivity contribution < 1.29 is 18.7 Å². The minimum absolute atomic E-state index is 0.310. The number of fused-ring (bicyclic) bond motifs is 1. The van der Waals surface area contributed by atoms with Crippen molar-refractivity contribution in [1.29, 1.82) is 0 Å². The van der Waals surface area contributed by atoms with Gasteiger partial charge in [0.05, 0.1) is 25.2 Å². The van der Waals surface area contributed by atoms with Crippen LogP contribution in [0.4, 0.5) is 0 Å². The van der Waals surface area contributed by atoms with Crippen molar-refractivity contribution in [1.82, 2.24) is 0 Å². The molecule has 0 aliphatic carbocycles. The second kappa shape index (κ2) is 5.54. The van der Waals surface area contributed by atoms with Crippen LogP contribution in [0.2, 0.25) is 5.02 Å². The van der Waals surface area contributed by atoms with Gasteiger partial charge in [0.2, 0.25) is 0 Å². The third-order valence-electron chi connectivity index (χ3n) is 3.07. The molecule has 0 aliphatic rings. The summed E-state index contributed by atoms with van der Waals surface area (Å²) in [7, 11) is 2.76. The summed E-state index contributed by atoms with van der Waals surface area (Å²) >= 11 is 6.07. The van der Waals surface area contributed by atoms with Gasteiger partial charge >= 0.3 is 11.6 Å². The van der Waals surface area contributed by atoms with Gasteiger partial charge in [-0.25, -0.2) is 4.79 Å². The zero-order chi connectivity index (χ0) is 14.9. The van der Waals surface area contributed by atoms with Crippen molar-refractivity contribution in [2.24, 2.45) is 0 Å². The SMILES string of the molecule is COC(=O)[C@@H](C)c1cc(=O)oc2cc(OC)c(Cl)cc12. The smallest absolute Gasteiger partial charge is 0.336 e. The Balaban J connectivity index is 2.74. The first kappa shape index (κ1) is 14.4. The first-order chi connectivity index (χ1) is 9.47. The van der Waals surface area contributed by atoms with Crippen LogP contribution < -0.4 is 10.4 Å². The van der Waals surface area contributed by atoms with E-state index >= 15 is 0 Å². The summed E-state index contributed by atoms with van der Waals surface area (Å²) in [6.45, 7) is 1.65. The molecule has 0 spiro atoms. The van der Waals surface area contributed by atoms with E-state index in [1.807, 2.05) is 0 Å². The Labute approximate surface area is 120 Å². The maximum Gasteiger partial charge on any atom is 0.336 e. The summed E-state index contributed by atoms with van der Waals surface area (Å²) in [6, 6.07) is 4.40. The largest absolute Gasteiger partial charge is 0.495 e. The molecule has 0 N–H and O–H groups in total. The van der Waals surface area contributed by atoms with Gasteiger partial charge in [-0.15, -0.1) is 0 Å². The summed E-state index contributed by atoms with van der Waals surface area (Å²) in [6.07, 6.45) is 0. The van der Waals surface area contributed by atoms with E-state index in [2.05, 4.69) is 0 Å². The van der Waals surface area contributed by atoms with E-state index in [0.717, 1.165) is 0 Å². The van der Waals surface area contributed by atoms with Crippen LogP contribution >= 0.6 is 11.6 Å². The Morgan fingerprint density at radius 2 is 2.00 bits per heavy atom. The second-order valence-corrected chi connectivity index (χ2v) is 4.66. The van der Waals surface area contributed by atoms with Gasteiger partial charge in [0, 0.05) is 17.5 Å². The van der Waals surface area contributed by atoms with Gasteiger partial charge in [-0.1, -0.05) is 11.6 Å². The standard InChI is InChI=1S/C14H13ClO5/c1-7(14(17)19-3)8-5-13(16)20-11-6-12(18-2)10(15)4-9(8)11/h4-7H,1-3H3/t7-/m0/s1. The highest BCUT2D eigenvalue weighted by Gasteiger charge is 2.21. The van der Waals surface area contributed by atoms with E-state index in [-0.39, 0.29) is 0 Å². The monoisotopic (exact) mass is 296 g/mol. The molecular formula is C14H13ClO5. The van der Waals surface area contributed by atoms with Gasteiger partial charge in [0.25, 0.3) is 0 Å². The highest BCUT2D eigenvalue weighted by molar-refractivity contribution is 6.32. The number of halogens is 1. The van der Waals surface area contributed by atoms with Crippen molar-refractivity contribution in [3.05, 3.63) is 39.2 Å². The Hall–Kier alpha value is -2.01. The first-order valence-corrected chi connectivity index (χ1v) is 6.24. The highest BCUT2D eigenvalue weighted by atomic mass is 35.5. The minimum Gasteiger partial charge on any atom is -0.495 e. The van der Waals surface area contributed by atoms with Crippen LogP contribution in [0, 0.1) is 0 Å². The quantitative estimate of drug-likeness (QED) is 0.643. The summed E-state index contributed by atoms with van der Waals surface area (Å²) < 4.78 is 14.9. The number of methoxy groups -OCH3 is 2. The molecule has 6 heteroatoms. The molecule has 1 aromatic carbocycles. The molecule has 1 atom stereocenters. The van der Waals surface area contributed by atoms with Crippen LogP contribution in [0.3, 0.4) is 0 Å². The van der Waals surface area contributed by atoms with Crippen LogP contribution in [-0.4, -0.2) is 20.2 Å². The number of hydrogen-bond acceptors (Lipinski definition) is 5. The van der Waals surface area contributed by atoms with Crippen molar-refractivity contribution in [3.63, 3.8) is 0 Å². The third-order valence-corrected chi connectivity index (χ3v) is 3.37. The normalized spacial score (nSPS) is 12.2. The fraction of sp³-hybridized carbons (Fsp3) is 0.286. The van der Waals surface area contributed by atoms with E-state index in [1.54, 1.807) is 13.0 Å². The van der Waals surface area contributed by atoms with Gasteiger partial charge in [-0.05, 0) is 18.6 Å². The maximum atomic E-state index is 11.7. The lowest BCUT2D eigenvalue weighted by atomic mass is 9.98. The Kier molecular flexibility index (Phi) is 3.99. The van der Waals surface area contributed by atoms with Crippen LogP contribution in [-0.2, 0) is 9.53 Å². The minimum atomic E-state index is -0.601. The predicted molar refractivity (Wildman–Crippen MR) is 74.5 cm³/mol. The molecule has 0 saturated heterocycles. The molecule has 0 bridgehead atoms. The van der Waals surface area contributed by atoms with E-state index in [9.17, 15) is 9.59 Å². The van der Waals surface area contributed by atoms with Crippen molar-refractivity contribution in [2.45, 2.75) is 12.8 Å². The Morgan fingerprint density at radius 1 is 1.30 bits per heavy atom. The summed E-state index contributed by atoms with van der Waals surface area (Å²) in [5.74, 6) is -0.648. The van der Waals surface area contributed by atoms with E-state index in [4.69, 9.17) is 25.5 Å². The third kappa shape index (κ3) is 2.49. The molecule has 0 unspecified atom stereocenters. The van der Waals surface area contributed by atoms with Crippen LogP contribution in [0.1, 0.15) is 18.4 Å². The topological polar surface area (TPSA) is 65.7 Å². The molecule has 0 saturated carbocycles. The van der Waals surface area contributed by atoms with Crippen molar-refractivity contribution >= 4 is 28.5 Å². The maximum absolute atomic E-state index is 11.7. The van der Waals surface area contributed by atoms with Crippen molar-refractivity contribution in [3.8, 4) is 5.75 Å². The number of hydrogen-bond donors (Lipinski definition) is 0. The fourth-order valence-electron chi connectivity index (χ4n) is 2.01. The number of rotatable bonds is 3. The predicted octanol–water partition coefficient (Wildman–Crippen LogP) is 2.73. The highest BCUT2D eigenvalue weighted by Crippen LogP contribution is 2.33. The number of benzene rings is 1. The average molecular weight is 297 g/mol. The molecule has 0 fully saturated rings. The Bertz CT molecular complexity index is 719. The molecule has 1 aromatic heterocycles. The van der Waals surface area contributed by atoms with Crippen LogP contribution in [0.5, 0.6) is 5.75 Å². The van der Waals surface area contributed by atoms with Gasteiger partial charge in [-0.3, -0.25) is 4.79 Å². The Morgan fingerprint density at radius 3 is 2.60 bits per heavy atom. The molecule has 20 heavy (non-hydrogen) atoms. The molecule has 2 aromatic rings. The molecule has 1 heterocycles. The lowest BCUT2D eigenvalue weighted by Gasteiger charge is -2.12. The van der Waals surface area contributed by atoms with E-state index in [1.165, 1.54) is 26.4 Å². The molecule has 0 radical (unpaired) electrons. The van der Waals surface area contributed by atoms with Gasteiger partial charge in [0.1, 0.15) is 11.3 Å². The summed E-state index contributed by atoms with van der Waals surface area (Å²) in [5, 5.41) is 0.945. The number of carbonyl (C=O) groups excluding carboxylic acids is 1. The summed E-state index contributed by atoms with van der Waals surface area (Å²) in [4.78, 5) is 23.3. The van der Waals surface area contributed by atoms with Gasteiger partial charge < -0.3 is 13.9 Å². The fourth-order valence-corrected chi connectivity index (χ4v) is 2.25. The molecule has 5 nitrogen and oxygen atoms in total. The summed E-state index contributed by atoms with van der Waals surface area (Å²) in [5.41, 5.74) is 0.268. The zero-order valence-corrected chi connectivity index (χ0v) is 12.0. The van der Waals surface area contributed by atoms with E-state index < -0.39 is 17.5 Å². The van der Waals surface area contributed by atoms with Crippen LogP contribution in [0.25, 0.3) is 11.0 Å². The van der Waals surface area contributed by atoms with Crippen LogP contribution in [0.15, 0.2) is 27.4 Å². The van der Waals surface area contributed by atoms with Gasteiger partial charge in [0.15, 0.2) is 0 Å². The lowest BCUT2D eigenvalue weighted by molar-refractivity contribution is -0.141. The van der Waals surface area contributed by atoms with Gasteiger partial charge in [-0.2, -0.15) is 0 Å². The molecule has 2 rings (SSSR count). The lowest BCUT2D eigenvalue weighted by Crippen LogP contribution is -2.13. The number of ether oxygens (including phenoxy) is 2. The average Bonchev–Trinajstić information content (AvgIpc) is 2.44. The molecular weight excluding hydrogens is 284 g/mol. The molecule has 106 valence electrons. The first-order valence-electron chi connectivity index (χ1n) is 5.87. The number of carbonyl (C=O) groups is 1. The molecule has 0 amide bonds. The number of esters is 1. The second-order valence-electron chi connectivity index (χ2n) is 4.25. The molecule has 0 aliphatic heterocycles.